The Bertz CT molecular complexity index is 1360. The lowest BCUT2D eigenvalue weighted by molar-refractivity contribution is 0.101. The smallest absolute Gasteiger partial charge is 0.166 e. The van der Waals surface area contributed by atoms with E-state index in [-0.39, 0.29) is 17.1 Å². The number of hydrogen-bond donors (Lipinski definition) is 3. The SMILES string of the molecule is CC(=O)c1cc2cc(C=O)[nH]c2cc1O.CCl.COc1ccc2c(O)cc3c(c2c1)CCN3C. The summed E-state index contributed by atoms with van der Waals surface area (Å²) in [5, 5.41) is 22.3. The molecule has 2 heterocycles. The molecule has 0 aliphatic carbocycles. The highest BCUT2D eigenvalue weighted by Crippen LogP contribution is 2.40. The molecule has 0 unspecified atom stereocenters. The first-order valence-electron chi connectivity index (χ1n) is 10.6. The van der Waals surface area contributed by atoms with Crippen LogP contribution in [0, 0.1) is 0 Å². The van der Waals surface area contributed by atoms with Crippen molar-refractivity contribution in [2.24, 2.45) is 0 Å². The van der Waals surface area contributed by atoms with Gasteiger partial charge in [0, 0.05) is 54.1 Å². The van der Waals surface area contributed by atoms with E-state index in [1.165, 1.54) is 24.9 Å². The van der Waals surface area contributed by atoms with Crippen molar-refractivity contribution in [1.82, 2.24) is 4.98 Å². The number of carbonyl (C=O) groups is 2. The minimum absolute atomic E-state index is 0.0747. The second-order valence-electron chi connectivity index (χ2n) is 7.83. The number of anilines is 1. The summed E-state index contributed by atoms with van der Waals surface area (Å²) in [6.45, 7) is 2.39. The number of benzene rings is 3. The average Bonchev–Trinajstić information content (AvgIpc) is 3.42. The molecule has 0 saturated heterocycles. The maximum absolute atomic E-state index is 11.1. The topological polar surface area (TPSA) is 103 Å². The molecule has 34 heavy (non-hydrogen) atoms. The van der Waals surface area contributed by atoms with Crippen LogP contribution in [0.2, 0.25) is 0 Å². The number of hydrogen-bond acceptors (Lipinski definition) is 6. The largest absolute Gasteiger partial charge is 0.507 e. The molecule has 0 bridgehead atoms. The third kappa shape index (κ3) is 4.79. The monoisotopic (exact) mass is 482 g/mol. The van der Waals surface area contributed by atoms with Gasteiger partial charge in [0.05, 0.1) is 18.4 Å². The van der Waals surface area contributed by atoms with Gasteiger partial charge >= 0.3 is 0 Å². The van der Waals surface area contributed by atoms with Crippen LogP contribution in [0.4, 0.5) is 5.69 Å². The Hall–Kier alpha value is -3.71. The van der Waals surface area contributed by atoms with E-state index in [9.17, 15) is 19.8 Å². The molecule has 4 aromatic rings. The van der Waals surface area contributed by atoms with Gasteiger partial charge in [0.25, 0.3) is 0 Å². The van der Waals surface area contributed by atoms with E-state index in [1.54, 1.807) is 19.2 Å². The van der Waals surface area contributed by atoms with E-state index in [0.29, 0.717) is 23.2 Å². The number of ether oxygens (including phenoxy) is 1. The van der Waals surface area contributed by atoms with Gasteiger partial charge < -0.3 is 24.8 Å². The van der Waals surface area contributed by atoms with Crippen LogP contribution in [0.15, 0.2) is 42.5 Å². The number of phenolic OH excluding ortho intramolecular Hbond substituents is 2. The first kappa shape index (κ1) is 24.9. The molecule has 1 aliphatic heterocycles. The Morgan fingerprint density at radius 2 is 1.82 bits per heavy atom. The second-order valence-corrected chi connectivity index (χ2v) is 7.83. The van der Waals surface area contributed by atoms with Crippen LogP contribution < -0.4 is 9.64 Å². The second kappa shape index (κ2) is 10.5. The lowest BCUT2D eigenvalue weighted by atomic mass is 10.0. The molecule has 0 fully saturated rings. The Morgan fingerprint density at radius 1 is 1.09 bits per heavy atom. The van der Waals surface area contributed by atoms with Gasteiger partial charge in [-0.05, 0) is 54.6 Å². The van der Waals surface area contributed by atoms with Crippen LogP contribution >= 0.6 is 11.6 Å². The number of methoxy groups -OCH3 is 1. The summed E-state index contributed by atoms with van der Waals surface area (Å²) in [7, 11) is 3.72. The van der Waals surface area contributed by atoms with Crippen molar-refractivity contribution in [1.29, 1.82) is 0 Å². The minimum Gasteiger partial charge on any atom is -0.507 e. The molecule has 5 rings (SSSR count). The highest BCUT2D eigenvalue weighted by molar-refractivity contribution is 6.15. The van der Waals surface area contributed by atoms with E-state index < -0.39 is 0 Å². The van der Waals surface area contributed by atoms with E-state index in [4.69, 9.17) is 4.74 Å². The number of likely N-dealkylation sites (N-methyl/N-ethyl adjacent to an activating group) is 1. The van der Waals surface area contributed by atoms with Gasteiger partial charge in [0.2, 0.25) is 0 Å². The number of fused-ring (bicyclic) bond motifs is 4. The molecule has 1 aliphatic rings. The van der Waals surface area contributed by atoms with Crippen LogP contribution in [0.5, 0.6) is 17.2 Å². The molecule has 0 radical (unpaired) electrons. The first-order valence-corrected chi connectivity index (χ1v) is 11.3. The molecule has 3 N–H and O–H groups in total. The number of nitrogens with one attached hydrogen (secondary N) is 1. The molecule has 1 aromatic heterocycles. The predicted octanol–water partition coefficient (Wildman–Crippen LogP) is 5.29. The van der Waals surface area contributed by atoms with E-state index in [2.05, 4.69) is 28.5 Å². The summed E-state index contributed by atoms with van der Waals surface area (Å²) in [6.07, 6.45) is 3.18. The highest BCUT2D eigenvalue weighted by atomic mass is 35.5. The normalized spacial score (nSPS) is 11.9. The van der Waals surface area contributed by atoms with Gasteiger partial charge in [-0.2, -0.15) is 0 Å². The molecular formula is C26H27ClN2O5. The molecule has 0 saturated carbocycles. The van der Waals surface area contributed by atoms with Crippen molar-refractivity contribution in [3.8, 4) is 17.2 Å². The van der Waals surface area contributed by atoms with Crippen LogP contribution in [0.25, 0.3) is 21.7 Å². The zero-order valence-electron chi connectivity index (χ0n) is 19.5. The fourth-order valence-electron chi connectivity index (χ4n) is 4.10. The summed E-state index contributed by atoms with van der Waals surface area (Å²) in [5.41, 5.74) is 3.76. The van der Waals surface area contributed by atoms with Crippen molar-refractivity contribution in [3.05, 3.63) is 59.3 Å². The fourth-order valence-corrected chi connectivity index (χ4v) is 4.10. The third-order valence-electron chi connectivity index (χ3n) is 5.78. The lowest BCUT2D eigenvalue weighted by Gasteiger charge is -2.14. The molecule has 0 atom stereocenters. The molecular weight excluding hydrogens is 456 g/mol. The number of Topliss-reactive ketones (excluding diaryl/α,β-unsaturated/α-hetero) is 1. The number of aldehydes is 1. The van der Waals surface area contributed by atoms with Crippen LogP contribution in [-0.2, 0) is 6.42 Å². The quantitative estimate of drug-likeness (QED) is 0.208. The Morgan fingerprint density at radius 3 is 2.47 bits per heavy atom. The number of nitrogens with zero attached hydrogens (tertiary/aromatic N) is 1. The van der Waals surface area contributed by atoms with Gasteiger partial charge in [-0.25, -0.2) is 0 Å². The van der Waals surface area contributed by atoms with Crippen LogP contribution in [0.1, 0.15) is 33.3 Å². The summed E-state index contributed by atoms with van der Waals surface area (Å²) in [5.74, 6) is 0.896. The van der Waals surface area contributed by atoms with Crippen molar-refractivity contribution >= 4 is 51.0 Å². The highest BCUT2D eigenvalue weighted by Gasteiger charge is 2.20. The number of alkyl halides is 1. The van der Waals surface area contributed by atoms with Gasteiger partial charge in [-0.3, -0.25) is 9.59 Å². The van der Waals surface area contributed by atoms with E-state index in [0.717, 1.165) is 40.6 Å². The van der Waals surface area contributed by atoms with Crippen molar-refractivity contribution in [2.45, 2.75) is 13.3 Å². The Labute approximate surface area is 202 Å². The van der Waals surface area contributed by atoms with Crippen LogP contribution in [-0.4, -0.2) is 54.4 Å². The number of aromatic hydroxyl groups is 2. The van der Waals surface area contributed by atoms with Crippen molar-refractivity contribution in [3.63, 3.8) is 0 Å². The molecule has 7 nitrogen and oxygen atoms in total. The van der Waals surface area contributed by atoms with E-state index in [1.807, 2.05) is 24.3 Å². The molecule has 0 spiro atoms. The number of H-pyrrole nitrogens is 1. The standard InChI is InChI=1S/C14H15NO2.C11H9NO3.CH3Cl/c1-15-6-5-10-12-7-9(17-2)3-4-11(12)14(16)8-13(10)15;1-6(14)9-3-7-2-8(5-13)12-10(7)4-11(9)15;1-2/h3-4,7-8,16H,5-6H2,1-2H3;2-5,12,15H,1H3;1H3. The molecule has 3 aromatic carbocycles. The maximum Gasteiger partial charge on any atom is 0.166 e. The minimum atomic E-state index is -0.205. The number of rotatable bonds is 3. The summed E-state index contributed by atoms with van der Waals surface area (Å²) < 4.78 is 5.25. The number of aromatic amines is 1. The molecule has 178 valence electrons. The number of ketones is 1. The zero-order chi connectivity index (χ0) is 25.0. The van der Waals surface area contributed by atoms with Crippen molar-refractivity contribution < 1.29 is 24.5 Å². The van der Waals surface area contributed by atoms with Gasteiger partial charge in [-0.1, -0.05) is 0 Å². The van der Waals surface area contributed by atoms with Crippen molar-refractivity contribution in [2.75, 3.05) is 32.0 Å². The number of aromatic nitrogens is 1. The third-order valence-corrected chi connectivity index (χ3v) is 5.78. The molecule has 8 heteroatoms. The Balaban J connectivity index is 0.000000179. The van der Waals surface area contributed by atoms with Gasteiger partial charge in [0.15, 0.2) is 12.1 Å². The molecule has 0 amide bonds. The van der Waals surface area contributed by atoms with Crippen LogP contribution in [0.3, 0.4) is 0 Å². The average molecular weight is 483 g/mol. The van der Waals surface area contributed by atoms with Gasteiger partial charge in [-0.15, -0.1) is 11.6 Å². The van der Waals surface area contributed by atoms with E-state index >= 15 is 0 Å². The summed E-state index contributed by atoms with van der Waals surface area (Å²) >= 11 is 4.64. The Kier molecular flexibility index (Phi) is 7.68. The summed E-state index contributed by atoms with van der Waals surface area (Å²) in [6, 6.07) is 12.3. The predicted molar refractivity (Wildman–Crippen MR) is 136 cm³/mol. The lowest BCUT2D eigenvalue weighted by Crippen LogP contribution is -2.12. The van der Waals surface area contributed by atoms with Gasteiger partial charge in [0.1, 0.15) is 17.2 Å². The number of halogens is 1. The zero-order valence-corrected chi connectivity index (χ0v) is 20.2. The number of phenols is 2. The fraction of sp³-hybridized carbons (Fsp3) is 0.231. The first-order chi connectivity index (χ1) is 16.3. The number of carbonyl (C=O) groups excluding carboxylic acids is 2. The maximum atomic E-state index is 11.1. The summed E-state index contributed by atoms with van der Waals surface area (Å²) in [4.78, 5) is 26.7.